The summed E-state index contributed by atoms with van der Waals surface area (Å²) in [6, 6.07) is 10.0. The molecule has 2 aliphatic rings. The van der Waals surface area contributed by atoms with Gasteiger partial charge in [0.2, 0.25) is 5.95 Å². The van der Waals surface area contributed by atoms with Gasteiger partial charge in [-0.1, -0.05) is 6.92 Å². The molecule has 10 heteroatoms. The van der Waals surface area contributed by atoms with E-state index in [9.17, 15) is 10.4 Å². The number of aromatic nitrogens is 4. The lowest BCUT2D eigenvalue weighted by molar-refractivity contribution is 0.00218. The van der Waals surface area contributed by atoms with Crippen LogP contribution in [0.1, 0.15) is 29.8 Å². The van der Waals surface area contributed by atoms with Gasteiger partial charge in [0, 0.05) is 43.4 Å². The summed E-state index contributed by atoms with van der Waals surface area (Å²) in [5.74, 6) is 1.06. The Morgan fingerprint density at radius 3 is 2.97 bits per heavy atom. The first-order valence-electron chi connectivity index (χ1n) is 11.3. The van der Waals surface area contributed by atoms with Crippen molar-refractivity contribution < 1.29 is 9.84 Å². The van der Waals surface area contributed by atoms with Crippen LogP contribution in [0.5, 0.6) is 0 Å². The van der Waals surface area contributed by atoms with Gasteiger partial charge in [-0.2, -0.15) is 10.4 Å². The number of hydrogen-bond acceptors (Lipinski definition) is 9. The Hall–Kier alpha value is -3.52. The molecule has 0 saturated carbocycles. The molecule has 0 amide bonds. The highest BCUT2D eigenvalue weighted by Crippen LogP contribution is 2.41. The number of fused-ring (bicyclic) bond motifs is 1. The molecule has 2 atom stereocenters. The molecule has 5 rings (SSSR count). The van der Waals surface area contributed by atoms with Gasteiger partial charge in [0.05, 0.1) is 48.5 Å². The summed E-state index contributed by atoms with van der Waals surface area (Å²) in [7, 11) is 4.00. The molecule has 2 aromatic heterocycles. The lowest BCUT2D eigenvalue weighted by Gasteiger charge is -2.32. The molecule has 3 aromatic rings. The molecule has 10 nitrogen and oxygen atoms in total. The highest BCUT2D eigenvalue weighted by atomic mass is 16.5. The summed E-state index contributed by atoms with van der Waals surface area (Å²) in [4.78, 5) is 11.3. The Morgan fingerprint density at radius 1 is 1.35 bits per heavy atom. The fourth-order valence-electron chi connectivity index (χ4n) is 4.61. The standard InChI is InChI=1S/C24H28N8O2/c1-24(14-33)13-27-22-16(11-25)8-15(9-17(22)24)18-4-5-26-23(28-18)29-21-10-19(32(3)30-21)20-12-34-7-6-31(20)2/h4-5,8-10,20,27,33H,6-7,12-14H2,1-3H3,(H,26,28,29,30). The van der Waals surface area contributed by atoms with Gasteiger partial charge in [-0.05, 0) is 30.8 Å². The smallest absolute Gasteiger partial charge is 0.228 e. The van der Waals surface area contributed by atoms with Crippen LogP contribution in [0, 0.1) is 11.3 Å². The number of nitriles is 1. The number of rotatable bonds is 5. The Morgan fingerprint density at radius 2 is 2.21 bits per heavy atom. The van der Waals surface area contributed by atoms with Crippen LogP contribution < -0.4 is 10.6 Å². The van der Waals surface area contributed by atoms with E-state index in [2.05, 4.69) is 43.7 Å². The number of hydrogen-bond donors (Lipinski definition) is 3. The highest BCUT2D eigenvalue weighted by molar-refractivity contribution is 5.76. The van der Waals surface area contributed by atoms with E-state index >= 15 is 0 Å². The number of aliphatic hydroxyl groups excluding tert-OH is 1. The molecule has 2 unspecified atom stereocenters. The molecule has 0 bridgehead atoms. The number of morpholine rings is 1. The summed E-state index contributed by atoms with van der Waals surface area (Å²) in [5.41, 5.74) is 4.32. The number of aliphatic hydroxyl groups is 1. The summed E-state index contributed by atoms with van der Waals surface area (Å²) in [5, 5.41) is 30.7. The molecule has 3 N–H and O–H groups in total. The van der Waals surface area contributed by atoms with Gasteiger partial charge in [0.15, 0.2) is 5.82 Å². The summed E-state index contributed by atoms with van der Waals surface area (Å²) >= 11 is 0. The van der Waals surface area contributed by atoms with Crippen LogP contribution >= 0.6 is 0 Å². The Labute approximate surface area is 198 Å². The SMILES string of the molecule is CN1CCOCC1c1cc(Nc2nccc(-c3cc(C#N)c4c(c3)C(C)(CO)CN4)n2)nn1C. The molecule has 1 aromatic carbocycles. The van der Waals surface area contributed by atoms with Crippen molar-refractivity contribution in [2.45, 2.75) is 18.4 Å². The third kappa shape index (κ3) is 3.88. The fourth-order valence-corrected chi connectivity index (χ4v) is 4.61. The maximum absolute atomic E-state index is 9.96. The molecular formula is C24H28N8O2. The first-order chi connectivity index (χ1) is 16.4. The lowest BCUT2D eigenvalue weighted by Crippen LogP contribution is -2.37. The predicted octanol–water partition coefficient (Wildman–Crippen LogP) is 2.17. The first kappa shape index (κ1) is 22.3. The van der Waals surface area contributed by atoms with Gasteiger partial charge in [0.25, 0.3) is 0 Å². The third-order valence-corrected chi connectivity index (χ3v) is 6.76. The minimum atomic E-state index is -0.453. The van der Waals surface area contributed by atoms with Gasteiger partial charge in [-0.25, -0.2) is 9.97 Å². The Balaban J connectivity index is 1.44. The largest absolute Gasteiger partial charge is 0.395 e. The fraction of sp³-hybridized carbons (Fsp3) is 0.417. The number of benzene rings is 1. The predicted molar refractivity (Wildman–Crippen MR) is 128 cm³/mol. The van der Waals surface area contributed by atoms with E-state index in [0.717, 1.165) is 35.7 Å². The molecule has 4 heterocycles. The molecule has 0 radical (unpaired) electrons. The van der Waals surface area contributed by atoms with Crippen molar-refractivity contribution in [2.24, 2.45) is 7.05 Å². The van der Waals surface area contributed by atoms with Crippen LogP contribution in [0.4, 0.5) is 17.5 Å². The maximum atomic E-state index is 9.96. The zero-order chi connectivity index (χ0) is 23.9. The molecule has 1 saturated heterocycles. The van der Waals surface area contributed by atoms with E-state index in [1.54, 1.807) is 6.20 Å². The van der Waals surface area contributed by atoms with Crippen LogP contribution in [0.2, 0.25) is 0 Å². The number of likely N-dealkylation sites (N-methyl/N-ethyl adjacent to an activating group) is 1. The maximum Gasteiger partial charge on any atom is 0.228 e. The molecule has 176 valence electrons. The van der Waals surface area contributed by atoms with Crippen molar-refractivity contribution in [3.63, 3.8) is 0 Å². The Kier molecular flexibility index (Phi) is 5.69. The highest BCUT2D eigenvalue weighted by Gasteiger charge is 2.36. The van der Waals surface area contributed by atoms with Gasteiger partial charge >= 0.3 is 0 Å². The zero-order valence-corrected chi connectivity index (χ0v) is 19.5. The van der Waals surface area contributed by atoms with Crippen molar-refractivity contribution >= 4 is 17.5 Å². The van der Waals surface area contributed by atoms with E-state index in [0.29, 0.717) is 36.2 Å². The van der Waals surface area contributed by atoms with Crippen LogP contribution in [0.15, 0.2) is 30.5 Å². The zero-order valence-electron chi connectivity index (χ0n) is 19.5. The minimum absolute atomic E-state index is 0.0128. The van der Waals surface area contributed by atoms with Gasteiger partial charge in [-0.15, -0.1) is 0 Å². The molecule has 0 aliphatic carbocycles. The van der Waals surface area contributed by atoms with Crippen molar-refractivity contribution in [3.8, 4) is 17.3 Å². The molecule has 0 spiro atoms. The van der Waals surface area contributed by atoms with Gasteiger partial charge in [-0.3, -0.25) is 9.58 Å². The number of nitrogens with zero attached hydrogens (tertiary/aromatic N) is 6. The molecule has 2 aliphatic heterocycles. The topological polar surface area (TPSA) is 124 Å². The summed E-state index contributed by atoms with van der Waals surface area (Å²) in [6.07, 6.45) is 1.68. The third-order valence-electron chi connectivity index (χ3n) is 6.76. The second-order valence-electron chi connectivity index (χ2n) is 9.17. The number of ether oxygens (including phenoxy) is 1. The number of aryl methyl sites for hydroxylation is 1. The van der Waals surface area contributed by atoms with E-state index < -0.39 is 5.41 Å². The van der Waals surface area contributed by atoms with E-state index in [4.69, 9.17) is 4.74 Å². The van der Waals surface area contributed by atoms with Gasteiger partial charge in [0.1, 0.15) is 6.07 Å². The molecule has 1 fully saturated rings. The van der Waals surface area contributed by atoms with Crippen molar-refractivity contribution in [1.82, 2.24) is 24.6 Å². The average Bonchev–Trinajstić information content (AvgIpc) is 3.38. The van der Waals surface area contributed by atoms with Crippen molar-refractivity contribution in [2.75, 3.05) is 50.6 Å². The summed E-state index contributed by atoms with van der Waals surface area (Å²) < 4.78 is 7.51. The molecular weight excluding hydrogens is 432 g/mol. The van der Waals surface area contributed by atoms with Crippen molar-refractivity contribution in [3.05, 3.63) is 47.3 Å². The monoisotopic (exact) mass is 460 g/mol. The van der Waals surface area contributed by atoms with Crippen molar-refractivity contribution in [1.29, 1.82) is 5.26 Å². The number of anilines is 3. The number of nitrogens with one attached hydrogen (secondary N) is 2. The van der Waals surface area contributed by atoms with Crippen LogP contribution in [-0.2, 0) is 17.2 Å². The first-order valence-corrected chi connectivity index (χ1v) is 11.3. The van der Waals surface area contributed by atoms with Crippen LogP contribution in [-0.4, -0.2) is 69.7 Å². The van der Waals surface area contributed by atoms with Gasteiger partial charge < -0.3 is 20.5 Å². The van der Waals surface area contributed by atoms with Crippen LogP contribution in [0.3, 0.4) is 0 Å². The summed E-state index contributed by atoms with van der Waals surface area (Å²) in [6.45, 7) is 4.79. The van der Waals surface area contributed by atoms with E-state index in [1.807, 2.05) is 42.9 Å². The minimum Gasteiger partial charge on any atom is -0.395 e. The second kappa shape index (κ2) is 8.68. The van der Waals surface area contributed by atoms with Crippen LogP contribution in [0.25, 0.3) is 11.3 Å². The quantitative estimate of drug-likeness (QED) is 0.525. The normalized spacial score (nSPS) is 22.1. The lowest BCUT2D eigenvalue weighted by atomic mass is 9.83. The average molecular weight is 461 g/mol. The van der Waals surface area contributed by atoms with E-state index in [1.165, 1.54) is 0 Å². The molecule has 34 heavy (non-hydrogen) atoms. The Bertz CT molecular complexity index is 1270. The van der Waals surface area contributed by atoms with E-state index in [-0.39, 0.29) is 12.6 Å². The second-order valence-corrected chi connectivity index (χ2v) is 9.17.